The van der Waals surface area contributed by atoms with Gasteiger partial charge in [-0.05, 0) is 17.9 Å². The molecular weight excluding hydrogens is 360 g/mol. The van der Waals surface area contributed by atoms with E-state index >= 15 is 0 Å². The van der Waals surface area contributed by atoms with Crippen molar-refractivity contribution in [1.29, 1.82) is 0 Å². The summed E-state index contributed by atoms with van der Waals surface area (Å²) in [4.78, 5) is 0. The molecule has 0 heteroatoms. The molecule has 1 aromatic carbocycles. The van der Waals surface area contributed by atoms with Crippen molar-refractivity contribution in [2.24, 2.45) is 0 Å². The zero-order chi connectivity index (χ0) is 21.5. The normalized spacial score (nSPS) is 12.3. The van der Waals surface area contributed by atoms with Gasteiger partial charge in [-0.1, -0.05) is 173 Å². The summed E-state index contributed by atoms with van der Waals surface area (Å²) >= 11 is 0. The quantitative estimate of drug-likeness (QED) is 0.165. The van der Waals surface area contributed by atoms with Crippen LogP contribution in [0, 0.1) is 0 Å². The molecule has 1 rings (SSSR count). The Kier molecular flexibility index (Phi) is 19.5. The maximum absolute atomic E-state index is 2.38. The molecule has 0 aromatic heterocycles. The molecule has 1 atom stereocenters. The van der Waals surface area contributed by atoms with Gasteiger partial charge in [0.15, 0.2) is 0 Å². The van der Waals surface area contributed by atoms with Crippen molar-refractivity contribution in [1.82, 2.24) is 0 Å². The molecule has 0 heterocycles. The van der Waals surface area contributed by atoms with Crippen LogP contribution in [0.4, 0.5) is 0 Å². The maximum Gasteiger partial charge on any atom is -0.0190 e. The summed E-state index contributed by atoms with van der Waals surface area (Å²) in [7, 11) is 0. The lowest BCUT2D eigenvalue weighted by Gasteiger charge is -2.11. The van der Waals surface area contributed by atoms with Gasteiger partial charge in [0.1, 0.15) is 0 Å². The van der Waals surface area contributed by atoms with Crippen LogP contribution in [0.15, 0.2) is 30.3 Å². The molecule has 0 aliphatic heterocycles. The Morgan fingerprint density at radius 1 is 0.467 bits per heavy atom. The van der Waals surface area contributed by atoms with E-state index in [0.717, 1.165) is 5.92 Å². The van der Waals surface area contributed by atoms with Crippen molar-refractivity contribution in [3.63, 3.8) is 0 Å². The van der Waals surface area contributed by atoms with E-state index in [-0.39, 0.29) is 0 Å². The molecular formula is C30H54. The molecule has 0 aliphatic rings. The first-order valence-electron chi connectivity index (χ1n) is 13.9. The largest absolute Gasteiger partial charge is 0.0654 e. The lowest BCUT2D eigenvalue weighted by molar-refractivity contribution is 0.516. The number of benzene rings is 1. The first-order valence-corrected chi connectivity index (χ1v) is 13.9. The van der Waals surface area contributed by atoms with Crippen molar-refractivity contribution >= 4 is 0 Å². The average Bonchev–Trinajstić information content (AvgIpc) is 2.78. The number of hydrogen-bond acceptors (Lipinski definition) is 0. The zero-order valence-electron chi connectivity index (χ0n) is 20.8. The topological polar surface area (TPSA) is 0 Å². The Morgan fingerprint density at radius 3 is 1.17 bits per heavy atom. The van der Waals surface area contributed by atoms with E-state index in [1.54, 1.807) is 0 Å². The van der Waals surface area contributed by atoms with Crippen molar-refractivity contribution in [3.05, 3.63) is 35.9 Å². The predicted octanol–water partition coefficient (Wildman–Crippen LogP) is 11.0. The number of hydrogen-bond donors (Lipinski definition) is 0. The Bertz CT molecular complexity index is 435. The highest BCUT2D eigenvalue weighted by Gasteiger charge is 2.04. The Balaban J connectivity index is 1.71. The van der Waals surface area contributed by atoms with Crippen LogP contribution < -0.4 is 0 Å². The van der Waals surface area contributed by atoms with Crippen LogP contribution in [0.2, 0.25) is 0 Å². The van der Waals surface area contributed by atoms with Crippen LogP contribution in [-0.4, -0.2) is 0 Å². The lowest BCUT2D eigenvalue weighted by Crippen LogP contribution is -1.93. The minimum atomic E-state index is 0.724. The summed E-state index contributed by atoms with van der Waals surface area (Å²) in [5, 5.41) is 0. The maximum atomic E-state index is 2.38. The highest BCUT2D eigenvalue weighted by Crippen LogP contribution is 2.22. The minimum absolute atomic E-state index is 0.724. The summed E-state index contributed by atoms with van der Waals surface area (Å²) < 4.78 is 0. The second kappa shape index (κ2) is 21.5. The van der Waals surface area contributed by atoms with E-state index in [4.69, 9.17) is 0 Å². The molecule has 0 spiro atoms. The molecule has 0 aliphatic carbocycles. The Hall–Kier alpha value is -0.780. The summed E-state index contributed by atoms with van der Waals surface area (Å²) in [6, 6.07) is 11.0. The summed E-state index contributed by atoms with van der Waals surface area (Å²) in [5.41, 5.74) is 1.51. The molecule has 0 saturated carbocycles. The molecule has 0 fully saturated rings. The third kappa shape index (κ3) is 17.0. The smallest absolute Gasteiger partial charge is 0.0190 e. The van der Waals surface area contributed by atoms with Crippen LogP contribution in [0.3, 0.4) is 0 Å². The van der Waals surface area contributed by atoms with Gasteiger partial charge in [-0.3, -0.25) is 0 Å². The molecule has 0 amide bonds. The van der Waals surface area contributed by atoms with Crippen LogP contribution in [0.5, 0.6) is 0 Å². The predicted molar refractivity (Wildman–Crippen MR) is 137 cm³/mol. The first-order chi connectivity index (χ1) is 14.8. The molecule has 0 saturated heterocycles. The standard InChI is InChI=1S/C30H54/c1-3-4-5-6-7-8-9-10-11-12-13-14-15-16-17-18-19-20-21-23-26-29(2)30-27-24-22-25-28-30/h22,24-25,27-29H,3-21,23,26H2,1-2H3. The van der Waals surface area contributed by atoms with Gasteiger partial charge in [-0.15, -0.1) is 0 Å². The van der Waals surface area contributed by atoms with E-state index in [2.05, 4.69) is 44.2 Å². The van der Waals surface area contributed by atoms with E-state index in [1.165, 1.54) is 140 Å². The average molecular weight is 415 g/mol. The fourth-order valence-electron chi connectivity index (χ4n) is 4.65. The fraction of sp³-hybridized carbons (Fsp3) is 0.800. The highest BCUT2D eigenvalue weighted by atomic mass is 14.1. The van der Waals surface area contributed by atoms with Crippen molar-refractivity contribution in [2.45, 2.75) is 155 Å². The molecule has 1 unspecified atom stereocenters. The summed E-state index contributed by atoms with van der Waals surface area (Å²) in [6.07, 6.45) is 30.6. The van der Waals surface area contributed by atoms with Gasteiger partial charge in [0, 0.05) is 0 Å². The first kappa shape index (κ1) is 27.3. The van der Waals surface area contributed by atoms with Gasteiger partial charge in [0.25, 0.3) is 0 Å². The highest BCUT2D eigenvalue weighted by molar-refractivity contribution is 5.18. The zero-order valence-corrected chi connectivity index (χ0v) is 20.8. The molecule has 0 nitrogen and oxygen atoms in total. The van der Waals surface area contributed by atoms with Gasteiger partial charge < -0.3 is 0 Å². The van der Waals surface area contributed by atoms with E-state index in [1.807, 2.05) is 0 Å². The lowest BCUT2D eigenvalue weighted by atomic mass is 9.95. The van der Waals surface area contributed by atoms with E-state index in [9.17, 15) is 0 Å². The Morgan fingerprint density at radius 2 is 0.800 bits per heavy atom. The third-order valence-corrected chi connectivity index (χ3v) is 6.86. The van der Waals surface area contributed by atoms with Gasteiger partial charge in [-0.25, -0.2) is 0 Å². The van der Waals surface area contributed by atoms with Crippen molar-refractivity contribution < 1.29 is 0 Å². The number of rotatable bonds is 22. The van der Waals surface area contributed by atoms with Crippen LogP contribution in [0.25, 0.3) is 0 Å². The van der Waals surface area contributed by atoms with Crippen LogP contribution in [-0.2, 0) is 0 Å². The van der Waals surface area contributed by atoms with Gasteiger partial charge in [0.2, 0.25) is 0 Å². The third-order valence-electron chi connectivity index (χ3n) is 6.86. The van der Waals surface area contributed by atoms with E-state index in [0.29, 0.717) is 0 Å². The molecule has 0 N–H and O–H groups in total. The van der Waals surface area contributed by atoms with Crippen molar-refractivity contribution in [3.8, 4) is 0 Å². The van der Waals surface area contributed by atoms with Gasteiger partial charge in [0.05, 0.1) is 0 Å². The molecule has 0 bridgehead atoms. The summed E-state index contributed by atoms with van der Waals surface area (Å²) in [6.45, 7) is 4.68. The van der Waals surface area contributed by atoms with Crippen LogP contribution >= 0.6 is 0 Å². The van der Waals surface area contributed by atoms with E-state index < -0.39 is 0 Å². The minimum Gasteiger partial charge on any atom is -0.0654 e. The van der Waals surface area contributed by atoms with Crippen molar-refractivity contribution in [2.75, 3.05) is 0 Å². The fourth-order valence-corrected chi connectivity index (χ4v) is 4.65. The Labute approximate surface area is 190 Å². The second-order valence-electron chi connectivity index (χ2n) is 9.82. The molecule has 174 valence electrons. The molecule has 30 heavy (non-hydrogen) atoms. The monoisotopic (exact) mass is 414 g/mol. The number of unbranched alkanes of at least 4 members (excludes halogenated alkanes) is 19. The molecule has 1 aromatic rings. The second-order valence-corrected chi connectivity index (χ2v) is 9.82. The van der Waals surface area contributed by atoms with Crippen LogP contribution in [0.1, 0.15) is 160 Å². The van der Waals surface area contributed by atoms with Gasteiger partial charge in [-0.2, -0.15) is 0 Å². The summed E-state index contributed by atoms with van der Waals surface area (Å²) in [5.74, 6) is 0.724. The molecule has 0 radical (unpaired) electrons. The SMILES string of the molecule is CCCCCCCCCCCCCCCCCCCCCCC(C)c1ccccc1. The van der Waals surface area contributed by atoms with Gasteiger partial charge >= 0.3 is 0 Å².